The van der Waals surface area contributed by atoms with Gasteiger partial charge in [0.2, 0.25) is 0 Å². The first-order valence-corrected chi connectivity index (χ1v) is 19.3. The summed E-state index contributed by atoms with van der Waals surface area (Å²) < 4.78 is 5.06. The molecule has 258 valence electrons. The molecule has 3 heterocycles. The van der Waals surface area contributed by atoms with Crippen molar-refractivity contribution in [2.45, 2.75) is 26.2 Å². The second-order valence-electron chi connectivity index (χ2n) is 15.0. The van der Waals surface area contributed by atoms with Gasteiger partial charge in [-0.2, -0.15) is 0 Å². The number of nitrogens with zero attached hydrogens (tertiary/aromatic N) is 3. The van der Waals surface area contributed by atoms with Crippen LogP contribution in [0.1, 0.15) is 26.3 Å². The zero-order chi connectivity index (χ0) is 36.4. The molecule has 0 aliphatic rings. The lowest BCUT2D eigenvalue weighted by molar-refractivity contribution is 0.597. The topological polar surface area (TPSA) is 30.7 Å². The monoisotopic (exact) mass is 711 g/mol. The van der Waals surface area contributed by atoms with Gasteiger partial charge in [0.05, 0.1) is 22.4 Å². The number of aromatic nitrogens is 3. The number of rotatable bonds is 5. The Balaban J connectivity index is 1.05. The lowest BCUT2D eigenvalue weighted by atomic mass is 9.86. The molecule has 3 aromatic heterocycles. The molecule has 3 nitrogen and oxygen atoms in total. The fourth-order valence-corrected chi connectivity index (χ4v) is 9.46. The van der Waals surface area contributed by atoms with Crippen molar-refractivity contribution in [3.05, 3.63) is 175 Å². The van der Waals surface area contributed by atoms with Gasteiger partial charge in [-0.15, -0.1) is 11.3 Å². The van der Waals surface area contributed by atoms with Crippen LogP contribution in [0.25, 0.3) is 92.7 Å². The summed E-state index contributed by atoms with van der Waals surface area (Å²) in [4.78, 5) is 10.2. The average Bonchev–Trinajstić information content (AvgIpc) is 3.77. The van der Waals surface area contributed by atoms with Crippen molar-refractivity contribution >= 4 is 53.3 Å². The fourth-order valence-electron chi connectivity index (χ4n) is 7.90. The highest BCUT2D eigenvalue weighted by Gasteiger charge is 2.20. The standard InChI is InChI=1S/C50H37N3S/c1-50(2,3)42-20-12-19-41-40-18-11-17-37(47(40)54-48(41)42)32-23-25-33(26-24-32)43-31-44(52-49(51-43)35-13-5-4-6-14-35)34-27-29-36(30-28-34)53-45-21-9-7-15-38(45)39-16-8-10-22-46(39)53/h4-31H,1-3H3. The van der Waals surface area contributed by atoms with Gasteiger partial charge in [-0.1, -0.05) is 160 Å². The maximum Gasteiger partial charge on any atom is 0.160 e. The highest BCUT2D eigenvalue weighted by Crippen LogP contribution is 2.44. The smallest absolute Gasteiger partial charge is 0.160 e. The quantitative estimate of drug-likeness (QED) is 0.178. The van der Waals surface area contributed by atoms with Gasteiger partial charge < -0.3 is 4.57 Å². The third-order valence-electron chi connectivity index (χ3n) is 10.6. The molecule has 0 radical (unpaired) electrons. The zero-order valence-corrected chi connectivity index (χ0v) is 31.2. The normalized spacial score (nSPS) is 12.0. The van der Waals surface area contributed by atoms with Crippen LogP contribution >= 0.6 is 11.3 Å². The van der Waals surface area contributed by atoms with E-state index in [4.69, 9.17) is 9.97 Å². The Morgan fingerprint density at radius 1 is 0.444 bits per heavy atom. The minimum Gasteiger partial charge on any atom is -0.309 e. The molecule has 0 saturated heterocycles. The average molecular weight is 712 g/mol. The molecule has 4 heteroatoms. The van der Waals surface area contributed by atoms with Crippen molar-refractivity contribution in [2.24, 2.45) is 0 Å². The van der Waals surface area contributed by atoms with Crippen molar-refractivity contribution in [1.29, 1.82) is 0 Å². The Bertz CT molecular complexity index is 2950. The van der Waals surface area contributed by atoms with Crippen LogP contribution in [-0.4, -0.2) is 14.5 Å². The molecular formula is C50H37N3S. The third-order valence-corrected chi connectivity index (χ3v) is 11.9. The largest absolute Gasteiger partial charge is 0.309 e. The molecular weight excluding hydrogens is 675 g/mol. The number of benzene rings is 7. The lowest BCUT2D eigenvalue weighted by Gasteiger charge is -2.19. The highest BCUT2D eigenvalue weighted by molar-refractivity contribution is 7.26. The van der Waals surface area contributed by atoms with Gasteiger partial charge >= 0.3 is 0 Å². The van der Waals surface area contributed by atoms with E-state index in [0.29, 0.717) is 5.82 Å². The summed E-state index contributed by atoms with van der Waals surface area (Å²) in [5, 5.41) is 5.17. The summed E-state index contributed by atoms with van der Waals surface area (Å²) in [6, 6.07) is 60.7. The van der Waals surface area contributed by atoms with E-state index in [2.05, 4.69) is 177 Å². The molecule has 0 saturated carbocycles. The van der Waals surface area contributed by atoms with E-state index in [0.717, 1.165) is 33.8 Å². The molecule has 0 amide bonds. The summed E-state index contributed by atoms with van der Waals surface area (Å²) in [5.74, 6) is 0.711. The minimum absolute atomic E-state index is 0.0750. The SMILES string of the molecule is CC(C)(C)c1cccc2c1sc1c(-c3ccc(-c4cc(-c5ccc(-n6c7ccccc7c7ccccc76)cc5)nc(-c5ccccc5)n4)cc3)cccc12. The molecule has 0 fully saturated rings. The van der Waals surface area contributed by atoms with Crippen LogP contribution < -0.4 is 0 Å². The van der Waals surface area contributed by atoms with Crippen LogP contribution in [0.5, 0.6) is 0 Å². The Morgan fingerprint density at radius 3 is 1.59 bits per heavy atom. The van der Waals surface area contributed by atoms with E-state index in [1.54, 1.807) is 0 Å². The van der Waals surface area contributed by atoms with Crippen molar-refractivity contribution in [2.75, 3.05) is 0 Å². The molecule has 10 rings (SSSR count). The summed E-state index contributed by atoms with van der Waals surface area (Å²) >= 11 is 1.92. The van der Waals surface area contributed by atoms with Crippen molar-refractivity contribution in [3.63, 3.8) is 0 Å². The van der Waals surface area contributed by atoms with Crippen molar-refractivity contribution in [3.8, 4) is 50.7 Å². The minimum atomic E-state index is 0.0750. The molecule has 0 spiro atoms. The number of fused-ring (bicyclic) bond motifs is 6. The summed E-state index contributed by atoms with van der Waals surface area (Å²) in [7, 11) is 0. The second-order valence-corrected chi connectivity index (χ2v) is 16.1. The molecule has 54 heavy (non-hydrogen) atoms. The van der Waals surface area contributed by atoms with E-state index in [1.165, 1.54) is 58.7 Å². The fraction of sp³-hybridized carbons (Fsp3) is 0.0800. The van der Waals surface area contributed by atoms with E-state index >= 15 is 0 Å². The van der Waals surface area contributed by atoms with Gasteiger partial charge in [0.25, 0.3) is 0 Å². The first-order valence-electron chi connectivity index (χ1n) is 18.5. The number of hydrogen-bond donors (Lipinski definition) is 0. The third kappa shape index (κ3) is 5.41. The predicted octanol–water partition coefficient (Wildman–Crippen LogP) is 13.9. The predicted molar refractivity (Wildman–Crippen MR) is 230 cm³/mol. The summed E-state index contributed by atoms with van der Waals surface area (Å²) in [6.45, 7) is 6.90. The van der Waals surface area contributed by atoms with Crippen LogP contribution in [0.15, 0.2) is 170 Å². The van der Waals surface area contributed by atoms with Crippen LogP contribution in [0.4, 0.5) is 0 Å². The van der Waals surface area contributed by atoms with Gasteiger partial charge in [-0.3, -0.25) is 0 Å². The van der Waals surface area contributed by atoms with E-state index < -0.39 is 0 Å². The van der Waals surface area contributed by atoms with Gasteiger partial charge in [0, 0.05) is 53.3 Å². The second kappa shape index (κ2) is 12.6. The van der Waals surface area contributed by atoms with Crippen LogP contribution in [0, 0.1) is 0 Å². The van der Waals surface area contributed by atoms with Crippen molar-refractivity contribution in [1.82, 2.24) is 14.5 Å². The van der Waals surface area contributed by atoms with Crippen LogP contribution in [-0.2, 0) is 5.41 Å². The summed E-state index contributed by atoms with van der Waals surface area (Å²) in [5.41, 5.74) is 12.3. The first kappa shape index (κ1) is 32.3. The number of para-hydroxylation sites is 2. The first-order chi connectivity index (χ1) is 26.4. The summed E-state index contributed by atoms with van der Waals surface area (Å²) in [6.07, 6.45) is 0. The molecule has 7 aromatic carbocycles. The van der Waals surface area contributed by atoms with Crippen molar-refractivity contribution < 1.29 is 0 Å². The van der Waals surface area contributed by atoms with Gasteiger partial charge in [0.15, 0.2) is 5.82 Å². The lowest BCUT2D eigenvalue weighted by Crippen LogP contribution is -2.10. The molecule has 0 atom stereocenters. The Kier molecular flexibility index (Phi) is 7.57. The maximum atomic E-state index is 5.13. The maximum absolute atomic E-state index is 5.13. The van der Waals surface area contributed by atoms with Gasteiger partial charge in [-0.05, 0) is 52.4 Å². The Morgan fingerprint density at radius 2 is 0.963 bits per heavy atom. The van der Waals surface area contributed by atoms with Gasteiger partial charge in [0.1, 0.15) is 0 Å². The van der Waals surface area contributed by atoms with Crippen LogP contribution in [0.2, 0.25) is 0 Å². The molecule has 0 unspecified atom stereocenters. The Labute approximate surface area is 318 Å². The van der Waals surface area contributed by atoms with E-state index in [1.807, 2.05) is 29.5 Å². The van der Waals surface area contributed by atoms with E-state index in [9.17, 15) is 0 Å². The number of hydrogen-bond acceptors (Lipinski definition) is 3. The van der Waals surface area contributed by atoms with Gasteiger partial charge in [-0.25, -0.2) is 9.97 Å². The Hall–Kier alpha value is -6.36. The number of thiophene rings is 1. The molecule has 0 N–H and O–H groups in total. The molecule has 0 bridgehead atoms. The zero-order valence-electron chi connectivity index (χ0n) is 30.4. The van der Waals surface area contributed by atoms with Crippen LogP contribution in [0.3, 0.4) is 0 Å². The van der Waals surface area contributed by atoms with E-state index in [-0.39, 0.29) is 5.41 Å². The highest BCUT2D eigenvalue weighted by atomic mass is 32.1. The molecule has 0 aliphatic carbocycles. The molecule has 0 aliphatic heterocycles. The molecule has 10 aromatic rings.